The van der Waals surface area contributed by atoms with Crippen LogP contribution in [0.5, 0.6) is 17.2 Å². The van der Waals surface area contributed by atoms with E-state index in [1.807, 2.05) is 60.8 Å². The highest BCUT2D eigenvalue weighted by Gasteiger charge is 2.22. The van der Waals surface area contributed by atoms with E-state index in [1.165, 1.54) is 0 Å². The third kappa shape index (κ3) is 7.25. The number of likely N-dealkylation sites (N-methyl/N-ethyl adjacent to an activating group) is 1. The number of ether oxygens (including phenoxy) is 3. The van der Waals surface area contributed by atoms with Gasteiger partial charge in [-0.3, -0.25) is 9.59 Å². The lowest BCUT2D eigenvalue weighted by Gasteiger charge is -2.25. The number of carbonyl (C=O) groups is 2. The molecule has 180 valence electrons. The quantitative estimate of drug-likeness (QED) is 0.417. The average molecular weight is 483 g/mol. The second-order valence-electron chi connectivity index (χ2n) is 7.60. The van der Waals surface area contributed by atoms with Gasteiger partial charge in [0.05, 0.1) is 7.11 Å². The number of amides is 2. The zero-order chi connectivity index (χ0) is 24.3. The molecule has 0 radical (unpaired) electrons. The number of para-hydroxylation sites is 1. The summed E-state index contributed by atoms with van der Waals surface area (Å²) >= 11 is 1.63. The third-order valence-corrected chi connectivity index (χ3v) is 5.96. The van der Waals surface area contributed by atoms with Crippen LogP contribution in [0.3, 0.4) is 0 Å². The van der Waals surface area contributed by atoms with E-state index in [-0.39, 0.29) is 18.4 Å². The van der Waals surface area contributed by atoms with E-state index in [2.05, 4.69) is 5.32 Å². The number of methoxy groups -OCH3 is 1. The predicted molar refractivity (Wildman–Crippen MR) is 132 cm³/mol. The molecule has 0 bridgehead atoms. The van der Waals surface area contributed by atoms with E-state index < -0.39 is 6.04 Å². The third-order valence-electron chi connectivity index (χ3n) is 5.11. The number of rotatable bonds is 12. The Morgan fingerprint density at radius 1 is 1.03 bits per heavy atom. The van der Waals surface area contributed by atoms with Gasteiger partial charge >= 0.3 is 0 Å². The molecule has 1 N–H and O–H groups in total. The maximum atomic E-state index is 13.0. The van der Waals surface area contributed by atoms with Gasteiger partial charge in [-0.15, -0.1) is 11.3 Å². The molecule has 0 fully saturated rings. The van der Waals surface area contributed by atoms with Crippen LogP contribution in [0.15, 0.2) is 66.0 Å². The van der Waals surface area contributed by atoms with E-state index in [1.54, 1.807) is 42.4 Å². The van der Waals surface area contributed by atoms with Crippen LogP contribution in [0, 0.1) is 0 Å². The highest BCUT2D eigenvalue weighted by molar-refractivity contribution is 7.09. The Hall–Kier alpha value is -3.52. The minimum atomic E-state index is -0.679. The van der Waals surface area contributed by atoms with Gasteiger partial charge in [0, 0.05) is 18.0 Å². The molecule has 0 aliphatic rings. The predicted octanol–water partition coefficient (Wildman–Crippen LogP) is 4.27. The zero-order valence-corrected chi connectivity index (χ0v) is 20.5. The molecule has 0 spiro atoms. The minimum Gasteiger partial charge on any atom is -0.493 e. The fourth-order valence-corrected chi connectivity index (χ4v) is 3.94. The molecule has 0 saturated heterocycles. The molecular formula is C26H30N2O5S. The molecule has 2 amide bonds. The summed E-state index contributed by atoms with van der Waals surface area (Å²) in [4.78, 5) is 28.0. The topological polar surface area (TPSA) is 77.1 Å². The van der Waals surface area contributed by atoms with E-state index in [9.17, 15) is 9.59 Å². The molecule has 1 atom stereocenters. The number of nitrogens with zero attached hydrogens (tertiary/aromatic N) is 1. The molecule has 3 aromatic rings. The number of thiophene rings is 1. The van der Waals surface area contributed by atoms with Gasteiger partial charge in [0.1, 0.15) is 18.4 Å². The number of hydrogen-bond donors (Lipinski definition) is 1. The maximum absolute atomic E-state index is 13.0. The van der Waals surface area contributed by atoms with Gasteiger partial charge in [0.25, 0.3) is 5.91 Å². The zero-order valence-electron chi connectivity index (χ0n) is 19.7. The fraction of sp³-hybridized carbons (Fsp3) is 0.308. The van der Waals surface area contributed by atoms with Crippen LogP contribution in [-0.2, 0) is 22.7 Å². The monoisotopic (exact) mass is 482 g/mol. The lowest BCUT2D eigenvalue weighted by Crippen LogP contribution is -2.47. The summed E-state index contributed by atoms with van der Waals surface area (Å²) in [6.07, 6.45) is 0. The molecule has 3 rings (SSSR count). The highest BCUT2D eigenvalue weighted by Crippen LogP contribution is 2.29. The number of nitrogens with one attached hydrogen (secondary N) is 1. The Labute approximate surface area is 204 Å². The smallest absolute Gasteiger partial charge is 0.258 e. The van der Waals surface area contributed by atoms with Crippen molar-refractivity contribution in [1.82, 2.24) is 10.2 Å². The van der Waals surface area contributed by atoms with E-state index in [0.717, 1.165) is 10.4 Å². The van der Waals surface area contributed by atoms with Crippen LogP contribution in [0.4, 0.5) is 0 Å². The standard InChI is InChI=1S/C26H30N2O5S/c1-4-28(26(30)19(2)27-25(29)18-32-21-9-6-5-7-10-21)16-20-12-13-23(24(15-20)31-3)33-17-22-11-8-14-34-22/h5-15,19H,4,16-18H2,1-3H3,(H,27,29). The van der Waals surface area contributed by atoms with Gasteiger partial charge < -0.3 is 24.4 Å². The van der Waals surface area contributed by atoms with Gasteiger partial charge in [-0.25, -0.2) is 0 Å². The van der Waals surface area contributed by atoms with Gasteiger partial charge in [0.2, 0.25) is 5.91 Å². The SMILES string of the molecule is CCN(Cc1ccc(OCc2cccs2)c(OC)c1)C(=O)C(C)NC(=O)COc1ccccc1. The van der Waals surface area contributed by atoms with Crippen LogP contribution in [-0.4, -0.2) is 43.0 Å². The van der Waals surface area contributed by atoms with Gasteiger partial charge in [0.15, 0.2) is 18.1 Å². The Bertz CT molecular complexity index is 1060. The summed E-state index contributed by atoms with van der Waals surface area (Å²) in [5.74, 6) is 1.33. The Balaban J connectivity index is 1.55. The van der Waals surface area contributed by atoms with Crippen LogP contribution < -0.4 is 19.5 Å². The molecule has 0 aliphatic carbocycles. The average Bonchev–Trinajstić information content (AvgIpc) is 3.39. The Kier molecular flexibility index (Phi) is 9.34. The molecule has 0 aliphatic heterocycles. The second kappa shape index (κ2) is 12.6. The van der Waals surface area contributed by atoms with Crippen molar-refractivity contribution >= 4 is 23.2 Å². The fourth-order valence-electron chi connectivity index (χ4n) is 3.32. The van der Waals surface area contributed by atoms with E-state index >= 15 is 0 Å². The van der Waals surface area contributed by atoms with Gasteiger partial charge in [-0.05, 0) is 55.1 Å². The van der Waals surface area contributed by atoms with Gasteiger partial charge in [-0.2, -0.15) is 0 Å². The molecule has 8 heteroatoms. The van der Waals surface area contributed by atoms with Crippen molar-refractivity contribution in [2.75, 3.05) is 20.3 Å². The number of carbonyl (C=O) groups excluding carboxylic acids is 2. The van der Waals surface area contributed by atoms with Gasteiger partial charge in [-0.1, -0.05) is 30.3 Å². The summed E-state index contributed by atoms with van der Waals surface area (Å²) in [5.41, 5.74) is 0.904. The first kappa shape index (κ1) is 25.1. The molecule has 1 heterocycles. The summed E-state index contributed by atoms with van der Waals surface area (Å²) in [5, 5.41) is 4.72. The molecule has 34 heavy (non-hydrogen) atoms. The Morgan fingerprint density at radius 3 is 2.50 bits per heavy atom. The lowest BCUT2D eigenvalue weighted by molar-refractivity contribution is -0.136. The first-order chi connectivity index (χ1) is 16.5. The van der Waals surface area contributed by atoms with Crippen molar-refractivity contribution in [2.45, 2.75) is 33.0 Å². The lowest BCUT2D eigenvalue weighted by atomic mass is 10.1. The molecule has 0 saturated carbocycles. The molecule has 1 unspecified atom stereocenters. The highest BCUT2D eigenvalue weighted by atomic mass is 32.1. The molecule has 7 nitrogen and oxygen atoms in total. The van der Waals surface area contributed by atoms with Crippen molar-refractivity contribution in [3.8, 4) is 17.2 Å². The summed E-state index contributed by atoms with van der Waals surface area (Å²) in [6, 6.07) is 18.0. The van der Waals surface area contributed by atoms with Crippen LogP contribution in [0.2, 0.25) is 0 Å². The van der Waals surface area contributed by atoms with Crippen molar-refractivity contribution in [3.05, 3.63) is 76.5 Å². The van der Waals surface area contributed by atoms with E-state index in [0.29, 0.717) is 36.9 Å². The van der Waals surface area contributed by atoms with Crippen LogP contribution in [0.1, 0.15) is 24.3 Å². The first-order valence-corrected chi connectivity index (χ1v) is 12.0. The largest absolute Gasteiger partial charge is 0.493 e. The van der Waals surface area contributed by atoms with Crippen LogP contribution in [0.25, 0.3) is 0 Å². The van der Waals surface area contributed by atoms with Crippen molar-refractivity contribution in [1.29, 1.82) is 0 Å². The minimum absolute atomic E-state index is 0.155. The molecule has 1 aromatic heterocycles. The van der Waals surface area contributed by atoms with E-state index in [4.69, 9.17) is 14.2 Å². The van der Waals surface area contributed by atoms with Crippen molar-refractivity contribution in [3.63, 3.8) is 0 Å². The number of hydrogen-bond acceptors (Lipinski definition) is 6. The molecule has 2 aromatic carbocycles. The second-order valence-corrected chi connectivity index (χ2v) is 8.63. The van der Waals surface area contributed by atoms with Crippen molar-refractivity contribution in [2.24, 2.45) is 0 Å². The summed E-state index contributed by atoms with van der Waals surface area (Å²) in [6.45, 7) is 4.78. The Morgan fingerprint density at radius 2 is 1.82 bits per heavy atom. The first-order valence-electron chi connectivity index (χ1n) is 11.1. The van der Waals surface area contributed by atoms with Crippen LogP contribution >= 0.6 is 11.3 Å². The normalized spacial score (nSPS) is 11.4. The maximum Gasteiger partial charge on any atom is 0.258 e. The molecular weight excluding hydrogens is 452 g/mol. The number of benzene rings is 2. The van der Waals surface area contributed by atoms with Crippen molar-refractivity contribution < 1.29 is 23.8 Å². The summed E-state index contributed by atoms with van der Waals surface area (Å²) < 4.78 is 16.8. The summed E-state index contributed by atoms with van der Waals surface area (Å²) in [7, 11) is 1.59.